The van der Waals surface area contributed by atoms with Crippen LogP contribution in [-0.2, 0) is 16.9 Å². The number of hydrogen-bond donors (Lipinski definition) is 1. The smallest absolute Gasteiger partial charge is 0.256 e. The second-order valence-corrected chi connectivity index (χ2v) is 10.3. The Morgan fingerprint density at radius 1 is 1.08 bits per heavy atom. The highest BCUT2D eigenvalue weighted by Gasteiger charge is 2.73. The molecule has 1 amide bonds. The fraction of sp³-hybridized carbons (Fsp3) is 0.296. The van der Waals surface area contributed by atoms with E-state index < -0.39 is 17.5 Å². The lowest BCUT2D eigenvalue weighted by Crippen LogP contribution is -2.55. The predicted octanol–water partition coefficient (Wildman–Crippen LogP) is 5.63. The van der Waals surface area contributed by atoms with Crippen LogP contribution in [0.3, 0.4) is 0 Å². The Balaban J connectivity index is 1.33. The summed E-state index contributed by atoms with van der Waals surface area (Å²) in [5.74, 6) is -0.0904. The van der Waals surface area contributed by atoms with Gasteiger partial charge in [-0.15, -0.1) is 0 Å². The molecule has 3 aliphatic heterocycles. The summed E-state index contributed by atoms with van der Waals surface area (Å²) in [5.41, 5.74) is 1.77. The van der Waals surface area contributed by atoms with Gasteiger partial charge in [0.05, 0.1) is 16.0 Å². The maximum absolute atomic E-state index is 13.5. The molecule has 2 fully saturated rings. The van der Waals surface area contributed by atoms with Gasteiger partial charge in [-0.25, -0.2) is 0 Å². The van der Waals surface area contributed by atoms with Crippen LogP contribution in [0.4, 0.5) is 5.69 Å². The number of benzene rings is 3. The van der Waals surface area contributed by atoms with Crippen LogP contribution in [-0.4, -0.2) is 34.4 Å². The standard InChI is InChI=1S/C27H23Cl2N3O4/c28-20-12-7-16(14-21(20)29)15-36-18-10-8-17(9-11-18)24-23-6-3-13-31(23)27(25(24)32(34)35)19-4-1-2-5-22(19)30-26(27)33/h1-2,4-5,7-12,14,23-25H,3,6,13,15H2,(H,30,33)/t23-,24+,25-,27+/m1/s1. The summed E-state index contributed by atoms with van der Waals surface area (Å²) in [7, 11) is 0. The van der Waals surface area contributed by atoms with Crippen molar-refractivity contribution < 1.29 is 14.5 Å². The number of ether oxygens (including phenoxy) is 1. The van der Waals surface area contributed by atoms with Crippen molar-refractivity contribution in [2.75, 3.05) is 11.9 Å². The van der Waals surface area contributed by atoms with Gasteiger partial charge in [0.1, 0.15) is 12.4 Å². The number of hydrogen-bond acceptors (Lipinski definition) is 5. The number of fused-ring (bicyclic) bond motifs is 4. The molecule has 9 heteroatoms. The quantitative estimate of drug-likeness (QED) is 0.346. The molecule has 1 spiro atoms. The SMILES string of the molecule is O=C1Nc2ccccc2[C@]12[C@H]([N+](=O)[O-])[C@@H](c1ccc(OCc3ccc(Cl)c(Cl)c3)cc1)[C@H]1CCCN12. The van der Waals surface area contributed by atoms with Gasteiger partial charge in [0, 0.05) is 28.8 Å². The second-order valence-electron chi connectivity index (χ2n) is 9.53. The van der Waals surface area contributed by atoms with Crippen LogP contribution in [0, 0.1) is 10.1 Å². The van der Waals surface area contributed by atoms with E-state index in [1.54, 1.807) is 12.1 Å². The van der Waals surface area contributed by atoms with E-state index in [2.05, 4.69) is 10.2 Å². The van der Waals surface area contributed by atoms with Crippen LogP contribution in [0.25, 0.3) is 0 Å². The minimum Gasteiger partial charge on any atom is -0.489 e. The molecule has 0 aromatic heterocycles. The maximum Gasteiger partial charge on any atom is 0.256 e. The van der Waals surface area contributed by atoms with E-state index in [0.717, 1.165) is 24.0 Å². The molecule has 0 unspecified atom stereocenters. The van der Waals surface area contributed by atoms with E-state index in [1.807, 2.05) is 54.6 Å². The topological polar surface area (TPSA) is 84.7 Å². The molecule has 3 heterocycles. The van der Waals surface area contributed by atoms with Crippen molar-refractivity contribution >= 4 is 34.8 Å². The number of amides is 1. The molecular formula is C27H23Cl2N3O4. The van der Waals surface area contributed by atoms with Crippen molar-refractivity contribution in [3.8, 4) is 5.75 Å². The molecule has 4 atom stereocenters. The predicted molar refractivity (Wildman–Crippen MR) is 137 cm³/mol. The van der Waals surface area contributed by atoms with Gasteiger partial charge in [-0.1, -0.05) is 59.6 Å². The van der Waals surface area contributed by atoms with E-state index in [-0.39, 0.29) is 16.9 Å². The van der Waals surface area contributed by atoms with E-state index >= 15 is 0 Å². The first kappa shape index (κ1) is 23.3. The molecule has 3 aromatic rings. The molecule has 6 rings (SSSR count). The third-order valence-corrected chi connectivity index (χ3v) is 8.49. The summed E-state index contributed by atoms with van der Waals surface area (Å²) in [6.45, 7) is 0.964. The minimum absolute atomic E-state index is 0.0970. The highest BCUT2D eigenvalue weighted by Crippen LogP contribution is 2.58. The number of anilines is 1. The van der Waals surface area contributed by atoms with Gasteiger partial charge in [0.2, 0.25) is 0 Å². The van der Waals surface area contributed by atoms with Gasteiger partial charge in [-0.3, -0.25) is 19.8 Å². The second kappa shape index (κ2) is 8.76. The molecule has 184 valence electrons. The summed E-state index contributed by atoms with van der Waals surface area (Å²) in [5, 5.41) is 16.5. The van der Waals surface area contributed by atoms with Crippen molar-refractivity contribution in [3.05, 3.63) is 104 Å². The van der Waals surface area contributed by atoms with Crippen molar-refractivity contribution in [3.63, 3.8) is 0 Å². The molecule has 0 bridgehead atoms. The minimum atomic E-state index is -1.31. The van der Waals surface area contributed by atoms with Gasteiger partial charge >= 0.3 is 0 Å². The van der Waals surface area contributed by atoms with Gasteiger partial charge < -0.3 is 10.1 Å². The zero-order valence-corrected chi connectivity index (χ0v) is 20.7. The van der Waals surface area contributed by atoms with E-state index in [0.29, 0.717) is 40.2 Å². The van der Waals surface area contributed by atoms with Crippen LogP contribution in [0.5, 0.6) is 5.75 Å². The van der Waals surface area contributed by atoms with E-state index in [9.17, 15) is 14.9 Å². The van der Waals surface area contributed by atoms with Crippen molar-refractivity contribution in [2.45, 2.75) is 43.0 Å². The fourth-order valence-corrected chi connectivity index (χ4v) is 6.68. The van der Waals surface area contributed by atoms with Crippen molar-refractivity contribution in [2.24, 2.45) is 0 Å². The van der Waals surface area contributed by atoms with Gasteiger partial charge in [0.15, 0.2) is 5.54 Å². The first-order valence-electron chi connectivity index (χ1n) is 11.9. The summed E-state index contributed by atoms with van der Waals surface area (Å²) < 4.78 is 5.91. The van der Waals surface area contributed by atoms with Crippen LogP contribution < -0.4 is 10.1 Å². The Bertz CT molecular complexity index is 1370. The molecular weight excluding hydrogens is 501 g/mol. The van der Waals surface area contributed by atoms with Crippen LogP contribution in [0.1, 0.15) is 35.4 Å². The average molecular weight is 524 g/mol. The highest BCUT2D eigenvalue weighted by atomic mass is 35.5. The summed E-state index contributed by atoms with van der Waals surface area (Å²) >= 11 is 12.1. The number of para-hydroxylation sites is 1. The zero-order valence-electron chi connectivity index (χ0n) is 19.2. The highest BCUT2D eigenvalue weighted by molar-refractivity contribution is 6.42. The summed E-state index contributed by atoms with van der Waals surface area (Å²) in [4.78, 5) is 28.0. The Morgan fingerprint density at radius 3 is 2.61 bits per heavy atom. The lowest BCUT2D eigenvalue weighted by Gasteiger charge is -2.32. The largest absolute Gasteiger partial charge is 0.489 e. The van der Waals surface area contributed by atoms with Gasteiger partial charge in [0.25, 0.3) is 11.9 Å². The third-order valence-electron chi connectivity index (χ3n) is 7.75. The molecule has 0 aliphatic carbocycles. The van der Waals surface area contributed by atoms with Crippen LogP contribution in [0.2, 0.25) is 10.0 Å². The number of nitrogens with one attached hydrogen (secondary N) is 1. The fourth-order valence-electron chi connectivity index (χ4n) is 6.36. The molecule has 36 heavy (non-hydrogen) atoms. The summed E-state index contributed by atoms with van der Waals surface area (Å²) in [6, 6.07) is 18.9. The maximum atomic E-state index is 13.5. The van der Waals surface area contributed by atoms with Crippen LogP contribution >= 0.6 is 23.2 Å². The van der Waals surface area contributed by atoms with Gasteiger partial charge in [-0.2, -0.15) is 0 Å². The molecule has 3 aromatic carbocycles. The molecule has 2 saturated heterocycles. The third kappa shape index (κ3) is 3.41. The lowest BCUT2D eigenvalue weighted by molar-refractivity contribution is -0.534. The zero-order chi connectivity index (χ0) is 25.0. The Kier molecular flexibility index (Phi) is 5.67. The Hall–Kier alpha value is -3.13. The first-order chi connectivity index (χ1) is 17.4. The van der Waals surface area contributed by atoms with Crippen molar-refractivity contribution in [1.29, 1.82) is 0 Å². The normalized spacial score (nSPS) is 26.6. The number of carbonyl (C=O) groups is 1. The molecule has 0 radical (unpaired) electrons. The lowest BCUT2D eigenvalue weighted by atomic mass is 9.77. The average Bonchev–Trinajstić information content (AvgIpc) is 3.53. The van der Waals surface area contributed by atoms with Crippen LogP contribution in [0.15, 0.2) is 66.7 Å². The number of nitrogens with zero attached hydrogens (tertiary/aromatic N) is 2. The number of rotatable bonds is 5. The first-order valence-corrected chi connectivity index (χ1v) is 12.6. The Morgan fingerprint density at radius 2 is 1.86 bits per heavy atom. The summed E-state index contributed by atoms with van der Waals surface area (Å²) in [6.07, 6.45) is 1.70. The van der Waals surface area contributed by atoms with Gasteiger partial charge in [-0.05, 0) is 54.3 Å². The number of nitro groups is 1. The number of halogens is 2. The number of carbonyl (C=O) groups excluding carboxylic acids is 1. The van der Waals surface area contributed by atoms with Crippen molar-refractivity contribution in [1.82, 2.24) is 4.90 Å². The monoisotopic (exact) mass is 523 g/mol. The van der Waals surface area contributed by atoms with E-state index in [4.69, 9.17) is 27.9 Å². The molecule has 0 saturated carbocycles. The molecule has 7 nitrogen and oxygen atoms in total. The Labute approximate surface area is 218 Å². The van der Waals surface area contributed by atoms with E-state index in [1.165, 1.54) is 0 Å². The molecule has 3 aliphatic rings. The molecule has 1 N–H and O–H groups in total.